The van der Waals surface area contributed by atoms with Crippen LogP contribution in [-0.4, -0.2) is 28.6 Å². The van der Waals surface area contributed by atoms with Crippen LogP contribution >= 0.6 is 12.2 Å². The van der Waals surface area contributed by atoms with Gasteiger partial charge in [0.2, 0.25) is 0 Å². The van der Waals surface area contributed by atoms with E-state index in [1.807, 2.05) is 26.0 Å². The third kappa shape index (κ3) is 4.36. The van der Waals surface area contributed by atoms with Crippen LogP contribution in [0.25, 0.3) is 6.08 Å². The van der Waals surface area contributed by atoms with E-state index >= 15 is 0 Å². The van der Waals surface area contributed by atoms with Gasteiger partial charge in [-0.2, -0.15) is 0 Å². The summed E-state index contributed by atoms with van der Waals surface area (Å²) in [5.74, 6) is -0.799. The number of phenolic OH excluding ortho intramolecular Hbond substituents is 1. The van der Waals surface area contributed by atoms with Crippen LogP contribution in [0.15, 0.2) is 48.6 Å². The first-order chi connectivity index (χ1) is 14.8. The predicted molar refractivity (Wildman–Crippen MR) is 125 cm³/mol. The van der Waals surface area contributed by atoms with Gasteiger partial charge >= 0.3 is 0 Å². The number of amides is 2. The van der Waals surface area contributed by atoms with Crippen molar-refractivity contribution in [3.8, 4) is 11.5 Å². The van der Waals surface area contributed by atoms with Crippen LogP contribution in [0.3, 0.4) is 0 Å². The van der Waals surface area contributed by atoms with Crippen molar-refractivity contribution in [2.45, 2.75) is 27.2 Å². The summed E-state index contributed by atoms with van der Waals surface area (Å²) >= 11 is 5.29. The van der Waals surface area contributed by atoms with Gasteiger partial charge in [-0.05, 0) is 80.4 Å². The van der Waals surface area contributed by atoms with Crippen LogP contribution in [0.2, 0.25) is 0 Å². The molecular formula is C24H24N2O4S. The summed E-state index contributed by atoms with van der Waals surface area (Å²) in [4.78, 5) is 27.3. The van der Waals surface area contributed by atoms with Gasteiger partial charge in [-0.1, -0.05) is 18.2 Å². The van der Waals surface area contributed by atoms with Gasteiger partial charge in [0.15, 0.2) is 16.6 Å². The van der Waals surface area contributed by atoms with Crippen LogP contribution in [0, 0.1) is 13.8 Å². The Labute approximate surface area is 186 Å². The summed E-state index contributed by atoms with van der Waals surface area (Å²) in [6, 6.07) is 8.86. The summed E-state index contributed by atoms with van der Waals surface area (Å²) in [7, 11) is 0. The minimum atomic E-state index is -0.576. The number of thiocarbonyl (C=S) groups is 1. The van der Waals surface area contributed by atoms with Gasteiger partial charge in [-0.25, -0.2) is 0 Å². The second-order valence-corrected chi connectivity index (χ2v) is 7.52. The van der Waals surface area contributed by atoms with Crippen LogP contribution in [0.5, 0.6) is 11.5 Å². The molecule has 0 aliphatic carbocycles. The third-order valence-corrected chi connectivity index (χ3v) is 5.35. The van der Waals surface area contributed by atoms with Crippen molar-refractivity contribution >= 4 is 40.9 Å². The molecule has 0 radical (unpaired) electrons. The number of carbonyl (C=O) groups excluding carboxylic acids is 2. The van der Waals surface area contributed by atoms with E-state index in [0.717, 1.165) is 11.1 Å². The molecule has 1 aliphatic heterocycles. The van der Waals surface area contributed by atoms with Crippen LogP contribution in [-0.2, 0) is 16.0 Å². The van der Waals surface area contributed by atoms with Crippen LogP contribution in [0.1, 0.15) is 29.2 Å². The number of hydrogen-bond donors (Lipinski definition) is 2. The van der Waals surface area contributed by atoms with Crippen molar-refractivity contribution in [1.82, 2.24) is 5.32 Å². The average molecular weight is 437 g/mol. The SMILES string of the molecule is C=CCc1cc(/C=C2\C(=O)NC(=S)N(c3cccc(C)c3C)C2=O)cc(OCC)c1O. The normalized spacial score (nSPS) is 15.3. The second kappa shape index (κ2) is 9.14. The quantitative estimate of drug-likeness (QED) is 0.310. The Morgan fingerprint density at radius 1 is 1.26 bits per heavy atom. The van der Waals surface area contributed by atoms with E-state index in [1.165, 1.54) is 11.0 Å². The molecule has 2 aromatic carbocycles. The van der Waals surface area contributed by atoms with E-state index in [2.05, 4.69) is 11.9 Å². The standard InChI is InChI=1S/C24H24N2O4S/c1-5-8-17-11-16(13-20(21(17)27)30-6-2)12-18-22(28)25-24(31)26(23(18)29)19-10-7-9-14(3)15(19)4/h5,7,9-13,27H,1,6,8H2,2-4H3,(H,25,28,31)/b18-12+. The van der Waals surface area contributed by atoms with Crippen molar-refractivity contribution in [2.75, 3.05) is 11.5 Å². The number of allylic oxidation sites excluding steroid dienone is 1. The molecule has 0 unspecified atom stereocenters. The Morgan fingerprint density at radius 2 is 2.00 bits per heavy atom. The number of nitrogens with zero attached hydrogens (tertiary/aromatic N) is 1. The molecule has 1 aliphatic rings. The molecule has 1 heterocycles. The number of benzene rings is 2. The highest BCUT2D eigenvalue weighted by molar-refractivity contribution is 7.80. The molecule has 0 atom stereocenters. The Hall–Kier alpha value is -3.45. The lowest BCUT2D eigenvalue weighted by Crippen LogP contribution is -2.54. The van der Waals surface area contributed by atoms with Gasteiger partial charge in [0.25, 0.3) is 11.8 Å². The zero-order valence-corrected chi connectivity index (χ0v) is 18.5. The maximum absolute atomic E-state index is 13.3. The van der Waals surface area contributed by atoms with E-state index in [-0.39, 0.29) is 22.2 Å². The van der Waals surface area contributed by atoms with E-state index in [4.69, 9.17) is 17.0 Å². The van der Waals surface area contributed by atoms with Gasteiger partial charge < -0.3 is 9.84 Å². The molecule has 0 bridgehead atoms. The average Bonchev–Trinajstić information content (AvgIpc) is 2.72. The second-order valence-electron chi connectivity index (χ2n) is 7.13. The number of rotatable bonds is 6. The molecule has 2 N–H and O–H groups in total. The Morgan fingerprint density at radius 3 is 2.68 bits per heavy atom. The fraction of sp³-hybridized carbons (Fsp3) is 0.208. The molecular weight excluding hydrogens is 412 g/mol. The first kappa shape index (κ1) is 22.2. The minimum absolute atomic E-state index is 0.0153. The summed E-state index contributed by atoms with van der Waals surface area (Å²) in [6.07, 6.45) is 3.54. The first-order valence-corrected chi connectivity index (χ1v) is 10.3. The zero-order chi connectivity index (χ0) is 22.7. The molecule has 1 fully saturated rings. The van der Waals surface area contributed by atoms with Crippen molar-refractivity contribution in [2.24, 2.45) is 0 Å². The Bertz CT molecular complexity index is 1120. The van der Waals surface area contributed by atoms with Crippen molar-refractivity contribution in [3.63, 3.8) is 0 Å². The van der Waals surface area contributed by atoms with Crippen LogP contribution < -0.4 is 15.0 Å². The molecule has 2 aromatic rings. The molecule has 160 valence electrons. The van der Waals surface area contributed by atoms with Crippen molar-refractivity contribution in [1.29, 1.82) is 0 Å². The number of aromatic hydroxyl groups is 1. The summed E-state index contributed by atoms with van der Waals surface area (Å²) in [6.45, 7) is 9.71. The van der Waals surface area contributed by atoms with Gasteiger partial charge in [-0.3, -0.25) is 19.8 Å². The first-order valence-electron chi connectivity index (χ1n) is 9.85. The molecule has 0 saturated carbocycles. The molecule has 2 amide bonds. The Balaban J connectivity index is 2.10. The number of phenols is 1. The number of carbonyl (C=O) groups is 2. The summed E-state index contributed by atoms with van der Waals surface area (Å²) in [5.41, 5.74) is 3.58. The van der Waals surface area contributed by atoms with Crippen molar-refractivity contribution < 1.29 is 19.4 Å². The molecule has 0 aromatic heterocycles. The van der Waals surface area contributed by atoms with E-state index in [1.54, 1.807) is 31.2 Å². The molecule has 1 saturated heterocycles. The van der Waals surface area contributed by atoms with E-state index < -0.39 is 11.8 Å². The molecule has 7 heteroatoms. The molecule has 0 spiro atoms. The number of anilines is 1. The highest BCUT2D eigenvalue weighted by Gasteiger charge is 2.35. The molecule has 31 heavy (non-hydrogen) atoms. The Kier molecular flexibility index (Phi) is 6.56. The van der Waals surface area contributed by atoms with Crippen molar-refractivity contribution in [3.05, 3.63) is 70.8 Å². The topological polar surface area (TPSA) is 78.9 Å². The highest BCUT2D eigenvalue weighted by atomic mass is 32.1. The van der Waals surface area contributed by atoms with Gasteiger partial charge in [0.05, 0.1) is 12.3 Å². The highest BCUT2D eigenvalue weighted by Crippen LogP contribution is 2.34. The van der Waals surface area contributed by atoms with E-state index in [0.29, 0.717) is 29.8 Å². The third-order valence-electron chi connectivity index (χ3n) is 5.07. The number of aryl methyl sites for hydroxylation is 1. The number of hydrogen-bond acceptors (Lipinski definition) is 5. The number of nitrogens with one attached hydrogen (secondary N) is 1. The molecule has 6 nitrogen and oxygen atoms in total. The van der Waals surface area contributed by atoms with Gasteiger partial charge in [0.1, 0.15) is 5.57 Å². The fourth-order valence-electron chi connectivity index (χ4n) is 3.37. The lowest BCUT2D eigenvalue weighted by atomic mass is 10.0. The monoisotopic (exact) mass is 436 g/mol. The van der Waals surface area contributed by atoms with Crippen LogP contribution in [0.4, 0.5) is 5.69 Å². The largest absolute Gasteiger partial charge is 0.504 e. The maximum atomic E-state index is 13.3. The fourth-order valence-corrected chi connectivity index (χ4v) is 3.64. The summed E-state index contributed by atoms with van der Waals surface area (Å²) < 4.78 is 5.51. The summed E-state index contributed by atoms with van der Waals surface area (Å²) in [5, 5.41) is 13.0. The maximum Gasteiger partial charge on any atom is 0.270 e. The zero-order valence-electron chi connectivity index (χ0n) is 17.7. The lowest BCUT2D eigenvalue weighted by molar-refractivity contribution is -0.122. The lowest BCUT2D eigenvalue weighted by Gasteiger charge is -2.30. The number of ether oxygens (including phenoxy) is 1. The predicted octanol–water partition coefficient (Wildman–Crippen LogP) is 3.97. The van der Waals surface area contributed by atoms with Gasteiger partial charge in [0, 0.05) is 5.56 Å². The minimum Gasteiger partial charge on any atom is -0.504 e. The smallest absolute Gasteiger partial charge is 0.270 e. The molecule has 3 rings (SSSR count). The van der Waals surface area contributed by atoms with Gasteiger partial charge in [-0.15, -0.1) is 6.58 Å². The van der Waals surface area contributed by atoms with E-state index in [9.17, 15) is 14.7 Å².